The van der Waals surface area contributed by atoms with Crippen molar-refractivity contribution in [2.75, 3.05) is 11.9 Å². The van der Waals surface area contributed by atoms with Gasteiger partial charge in [0, 0.05) is 34.9 Å². The summed E-state index contributed by atoms with van der Waals surface area (Å²) in [4.78, 5) is 2.14. The van der Waals surface area contributed by atoms with Gasteiger partial charge in [-0.05, 0) is 75.1 Å². The highest BCUT2D eigenvalue weighted by Gasteiger charge is 2.16. The van der Waals surface area contributed by atoms with Gasteiger partial charge in [-0.25, -0.2) is 0 Å². The number of aromatic nitrogens is 1. The van der Waals surface area contributed by atoms with Crippen LogP contribution in [0.5, 0.6) is 0 Å². The zero-order valence-corrected chi connectivity index (χ0v) is 23.1. The molecule has 0 unspecified atom stereocenters. The summed E-state index contributed by atoms with van der Waals surface area (Å²) in [5, 5.41) is 7.50. The van der Waals surface area contributed by atoms with Crippen LogP contribution < -0.4 is 4.90 Å². The van der Waals surface area contributed by atoms with E-state index in [0.717, 1.165) is 22.6 Å². The Balaban J connectivity index is 1.56. The summed E-state index contributed by atoms with van der Waals surface area (Å²) >= 11 is 0. The Labute approximate surface area is 240 Å². The Kier molecular flexibility index (Phi) is 6.02. The molecule has 0 radical (unpaired) electrons. The van der Waals surface area contributed by atoms with Gasteiger partial charge in [0.25, 0.3) is 0 Å². The van der Waals surface area contributed by atoms with Crippen LogP contribution in [0.2, 0.25) is 0 Å². The lowest BCUT2D eigenvalue weighted by Crippen LogP contribution is -2.14. The third kappa shape index (κ3) is 4.13. The number of rotatable bonds is 6. The first-order valence-electron chi connectivity index (χ1n) is 13.9. The number of hydrogen-bond donors (Lipinski definition) is 0. The number of anilines is 1. The molecular formula is C39H30N2. The van der Waals surface area contributed by atoms with Crippen molar-refractivity contribution in [3.8, 4) is 16.8 Å². The molecule has 0 spiro atoms. The van der Waals surface area contributed by atoms with Crippen molar-refractivity contribution in [1.29, 1.82) is 0 Å². The van der Waals surface area contributed by atoms with Gasteiger partial charge in [0.1, 0.15) is 0 Å². The zero-order chi connectivity index (χ0) is 27.9. The molecule has 0 aliphatic rings. The van der Waals surface area contributed by atoms with E-state index in [2.05, 4.69) is 151 Å². The summed E-state index contributed by atoms with van der Waals surface area (Å²) in [6.07, 6.45) is 5.69. The molecular weight excluding hydrogens is 496 g/mol. The lowest BCUT2D eigenvalue weighted by Gasteiger charge is -2.23. The van der Waals surface area contributed by atoms with E-state index in [1.54, 1.807) is 6.08 Å². The van der Waals surface area contributed by atoms with E-state index in [9.17, 15) is 0 Å². The van der Waals surface area contributed by atoms with Crippen LogP contribution in [0, 0.1) is 0 Å². The Morgan fingerprint density at radius 3 is 1.93 bits per heavy atom. The second-order valence-electron chi connectivity index (χ2n) is 10.4. The van der Waals surface area contributed by atoms with Crippen LogP contribution >= 0.6 is 0 Å². The number of likely N-dealkylation sites (N-methyl/N-ethyl adjacent to an activating group) is 1. The van der Waals surface area contributed by atoms with Gasteiger partial charge < -0.3 is 9.47 Å². The van der Waals surface area contributed by atoms with E-state index in [4.69, 9.17) is 0 Å². The summed E-state index contributed by atoms with van der Waals surface area (Å²) in [6, 6.07) is 43.9. The van der Waals surface area contributed by atoms with E-state index in [-0.39, 0.29) is 0 Å². The highest BCUT2D eigenvalue weighted by atomic mass is 15.1. The molecule has 1 heterocycles. The van der Waals surface area contributed by atoms with Crippen LogP contribution in [-0.4, -0.2) is 11.6 Å². The fraction of sp³-hybridized carbons (Fsp3) is 0.0256. The maximum Gasteiger partial charge on any atom is 0.0541 e. The Morgan fingerprint density at radius 1 is 0.659 bits per heavy atom. The van der Waals surface area contributed by atoms with Crippen molar-refractivity contribution in [1.82, 2.24) is 4.57 Å². The summed E-state index contributed by atoms with van der Waals surface area (Å²) in [7, 11) is 2.07. The second-order valence-corrected chi connectivity index (χ2v) is 10.4. The molecule has 0 saturated heterocycles. The quantitative estimate of drug-likeness (QED) is 0.155. The molecule has 6 aromatic carbocycles. The molecule has 0 aliphatic carbocycles. The molecule has 196 valence electrons. The molecule has 0 aliphatic heterocycles. The lowest BCUT2D eigenvalue weighted by molar-refractivity contribution is 1.12. The van der Waals surface area contributed by atoms with E-state index in [0.29, 0.717) is 0 Å². The van der Waals surface area contributed by atoms with Crippen LogP contribution in [-0.2, 0) is 0 Å². The molecule has 7 aromatic rings. The van der Waals surface area contributed by atoms with Crippen molar-refractivity contribution in [3.63, 3.8) is 0 Å². The first-order valence-corrected chi connectivity index (χ1v) is 13.9. The summed E-state index contributed by atoms with van der Waals surface area (Å²) in [5.41, 5.74) is 7.81. The van der Waals surface area contributed by atoms with Gasteiger partial charge in [0.15, 0.2) is 0 Å². The van der Waals surface area contributed by atoms with Gasteiger partial charge in [-0.15, -0.1) is 0 Å². The first-order chi connectivity index (χ1) is 20.1. The standard InChI is InChI=1S/C39H30N2/c1-4-5-14-27(2)40(3)30-23-29(37-25-28-15-6-7-16-32(28)33-17-8-9-18-34(33)37)24-31(26-30)41-38-21-12-10-19-35(38)36-20-11-13-22-39(36)41/h4-26H,1-2H2,3H3/b14-5-. The molecule has 0 N–H and O–H groups in total. The number of allylic oxidation sites excluding steroid dienone is 3. The Bertz CT molecular complexity index is 2110. The molecule has 2 heteroatoms. The summed E-state index contributed by atoms with van der Waals surface area (Å²) in [5.74, 6) is 0. The fourth-order valence-electron chi connectivity index (χ4n) is 6.02. The number of benzene rings is 6. The predicted octanol–water partition coefficient (Wildman–Crippen LogP) is 10.4. The molecule has 0 atom stereocenters. The highest BCUT2D eigenvalue weighted by Crippen LogP contribution is 2.39. The number of nitrogens with zero attached hydrogens (tertiary/aromatic N) is 2. The maximum absolute atomic E-state index is 4.34. The minimum absolute atomic E-state index is 0.888. The van der Waals surface area contributed by atoms with E-state index in [1.807, 2.05) is 12.2 Å². The molecule has 0 saturated carbocycles. The molecule has 1 aromatic heterocycles. The Morgan fingerprint density at radius 2 is 1.24 bits per heavy atom. The minimum Gasteiger partial charge on any atom is -0.345 e. The van der Waals surface area contributed by atoms with E-state index >= 15 is 0 Å². The van der Waals surface area contributed by atoms with Crippen molar-refractivity contribution in [2.24, 2.45) is 0 Å². The van der Waals surface area contributed by atoms with Gasteiger partial charge in [-0.3, -0.25) is 0 Å². The molecule has 0 amide bonds. The molecule has 41 heavy (non-hydrogen) atoms. The van der Waals surface area contributed by atoms with Crippen LogP contribution in [0.4, 0.5) is 5.69 Å². The van der Waals surface area contributed by atoms with Gasteiger partial charge in [0.2, 0.25) is 0 Å². The second kappa shape index (κ2) is 10.0. The van der Waals surface area contributed by atoms with Gasteiger partial charge in [-0.1, -0.05) is 110 Å². The number of para-hydroxylation sites is 2. The number of hydrogen-bond acceptors (Lipinski definition) is 1. The largest absolute Gasteiger partial charge is 0.345 e. The average molecular weight is 527 g/mol. The summed E-state index contributed by atoms with van der Waals surface area (Å²) < 4.78 is 2.39. The minimum atomic E-state index is 0.888. The van der Waals surface area contributed by atoms with Gasteiger partial charge >= 0.3 is 0 Å². The maximum atomic E-state index is 4.34. The molecule has 0 bridgehead atoms. The van der Waals surface area contributed by atoms with Crippen LogP contribution in [0.1, 0.15) is 0 Å². The van der Waals surface area contributed by atoms with Crippen LogP contribution in [0.15, 0.2) is 158 Å². The third-order valence-corrected chi connectivity index (χ3v) is 8.06. The van der Waals surface area contributed by atoms with Crippen molar-refractivity contribution < 1.29 is 0 Å². The smallest absolute Gasteiger partial charge is 0.0541 e. The SMILES string of the molecule is C=C/C=C\C(=C)N(C)c1cc(-c2cc3ccccc3c3ccccc23)cc(-n2c3ccccc3c3ccccc32)c1. The molecule has 2 nitrogen and oxygen atoms in total. The third-order valence-electron chi connectivity index (χ3n) is 8.06. The van der Waals surface area contributed by atoms with Crippen molar-refractivity contribution in [3.05, 3.63) is 158 Å². The van der Waals surface area contributed by atoms with Gasteiger partial charge in [-0.2, -0.15) is 0 Å². The van der Waals surface area contributed by atoms with Crippen LogP contribution in [0.3, 0.4) is 0 Å². The van der Waals surface area contributed by atoms with Crippen molar-refractivity contribution >= 4 is 49.0 Å². The zero-order valence-electron chi connectivity index (χ0n) is 23.1. The lowest BCUT2D eigenvalue weighted by atomic mass is 9.92. The average Bonchev–Trinajstić information content (AvgIpc) is 3.37. The normalized spacial score (nSPS) is 11.6. The fourth-order valence-corrected chi connectivity index (χ4v) is 6.02. The highest BCUT2D eigenvalue weighted by molar-refractivity contribution is 6.14. The van der Waals surface area contributed by atoms with Crippen LogP contribution in [0.25, 0.3) is 60.2 Å². The number of fused-ring (bicyclic) bond motifs is 6. The Hall–Kier alpha value is -5.34. The van der Waals surface area contributed by atoms with E-state index in [1.165, 1.54) is 48.9 Å². The monoisotopic (exact) mass is 526 g/mol. The predicted molar refractivity (Wildman–Crippen MR) is 178 cm³/mol. The molecule has 0 fully saturated rings. The summed E-state index contributed by atoms with van der Waals surface area (Å²) in [6.45, 7) is 8.17. The topological polar surface area (TPSA) is 8.17 Å². The van der Waals surface area contributed by atoms with Gasteiger partial charge in [0.05, 0.1) is 11.0 Å². The molecule has 7 rings (SSSR count). The van der Waals surface area contributed by atoms with Crippen molar-refractivity contribution in [2.45, 2.75) is 0 Å². The first kappa shape index (κ1) is 24.7. The van der Waals surface area contributed by atoms with E-state index < -0.39 is 0 Å².